The van der Waals surface area contributed by atoms with Gasteiger partial charge in [-0.25, -0.2) is 9.97 Å². The molecule has 6 aromatic heterocycles. The average Bonchev–Trinajstić information content (AvgIpc) is 3.91. The molecule has 8 heterocycles. The maximum absolute atomic E-state index is 6.12. The Morgan fingerprint density at radius 1 is 0.435 bits per heavy atom. The van der Waals surface area contributed by atoms with Crippen LogP contribution in [0.4, 0.5) is 5.69 Å². The molecule has 9 rings (SSSR count). The second kappa shape index (κ2) is 11.0. The van der Waals surface area contributed by atoms with Gasteiger partial charge in [0.25, 0.3) is 0 Å². The predicted octanol–water partition coefficient (Wildman–Crippen LogP) is 11.1. The summed E-state index contributed by atoms with van der Waals surface area (Å²) in [7, 11) is 0. The number of nitrogens with two attached hydrogens (primary N) is 1. The Kier molecular flexibility index (Phi) is 6.45. The van der Waals surface area contributed by atoms with Gasteiger partial charge in [-0.05, 0) is 101 Å². The van der Waals surface area contributed by atoms with Gasteiger partial charge in [0.1, 0.15) is 0 Å². The first-order valence-corrected chi connectivity index (χ1v) is 17.5. The van der Waals surface area contributed by atoms with Crippen LogP contribution in [0.1, 0.15) is 22.8 Å². The average molecular weight is 648 g/mol. The van der Waals surface area contributed by atoms with E-state index in [4.69, 9.17) is 15.7 Å². The monoisotopic (exact) mass is 647 g/mol. The van der Waals surface area contributed by atoms with Gasteiger partial charge in [0.05, 0.1) is 22.8 Å². The number of hydrogen-bond donors (Lipinski definition) is 3. The summed E-state index contributed by atoms with van der Waals surface area (Å²) >= 11 is 5.15. The zero-order valence-corrected chi connectivity index (χ0v) is 26.8. The van der Waals surface area contributed by atoms with Crippen molar-refractivity contribution < 1.29 is 0 Å². The van der Waals surface area contributed by atoms with Gasteiger partial charge in [0, 0.05) is 64.6 Å². The summed E-state index contributed by atoms with van der Waals surface area (Å²) < 4.78 is 0. The summed E-state index contributed by atoms with van der Waals surface area (Å²) in [4.78, 5) is 21.6. The molecule has 220 valence electrons. The number of nitrogen functional groups attached to an aromatic ring is 1. The zero-order valence-electron chi connectivity index (χ0n) is 24.3. The van der Waals surface area contributed by atoms with Gasteiger partial charge in [0.15, 0.2) is 0 Å². The Morgan fingerprint density at radius 2 is 0.804 bits per heavy atom. The molecule has 46 heavy (non-hydrogen) atoms. The number of anilines is 1. The second-order valence-corrected chi connectivity index (χ2v) is 13.9. The minimum atomic E-state index is 0.724. The number of H-pyrrole nitrogens is 2. The van der Waals surface area contributed by atoms with E-state index in [1.54, 1.807) is 34.0 Å². The van der Waals surface area contributed by atoms with E-state index in [9.17, 15) is 0 Å². The van der Waals surface area contributed by atoms with Crippen molar-refractivity contribution in [1.29, 1.82) is 0 Å². The number of rotatable bonds is 4. The lowest BCUT2D eigenvalue weighted by molar-refractivity contribution is 1.31. The molecule has 0 saturated heterocycles. The minimum absolute atomic E-state index is 0.724. The number of aromatic nitrogens is 4. The topological polar surface area (TPSA) is 83.4 Å². The second-order valence-electron chi connectivity index (χ2n) is 11.1. The number of nitrogens with one attached hydrogen (secondary N) is 2. The van der Waals surface area contributed by atoms with Gasteiger partial charge in [-0.1, -0.05) is 30.3 Å². The molecule has 2 aliphatic rings. The van der Waals surface area contributed by atoms with Crippen LogP contribution in [0.15, 0.2) is 101 Å². The summed E-state index contributed by atoms with van der Waals surface area (Å²) in [5.41, 5.74) is 19.8. The third-order valence-corrected chi connectivity index (χ3v) is 10.9. The lowest BCUT2D eigenvalue weighted by Gasteiger charge is -2.05. The molecule has 0 amide bonds. The third-order valence-electron chi connectivity index (χ3n) is 8.26. The van der Waals surface area contributed by atoms with Crippen molar-refractivity contribution in [3.63, 3.8) is 0 Å². The molecule has 0 aliphatic carbocycles. The van der Waals surface area contributed by atoms with Crippen LogP contribution in [-0.2, 0) is 0 Å². The summed E-state index contributed by atoms with van der Waals surface area (Å²) in [5.74, 6) is 0. The van der Waals surface area contributed by atoms with Crippen LogP contribution < -0.4 is 5.73 Å². The number of fused-ring (bicyclic) bond motifs is 8. The van der Waals surface area contributed by atoms with E-state index in [0.29, 0.717) is 0 Å². The van der Waals surface area contributed by atoms with Crippen molar-refractivity contribution in [2.75, 3.05) is 5.73 Å². The van der Waals surface area contributed by atoms with Crippen molar-refractivity contribution in [2.45, 2.75) is 0 Å². The number of benzene rings is 1. The SMILES string of the molecule is Nc1ccc(-c2c3nc(c(-c4cccs4)c4ccc([nH]4)c(-c4cccs4)c4nc(c(-c5cccs5)c5ccc2[nH]5)C=C4)C=C3)cc1. The van der Waals surface area contributed by atoms with Crippen molar-refractivity contribution >= 4 is 86.1 Å². The van der Waals surface area contributed by atoms with E-state index in [2.05, 4.69) is 123 Å². The van der Waals surface area contributed by atoms with Crippen LogP contribution in [0.3, 0.4) is 0 Å². The fraction of sp³-hybridized carbons (Fsp3) is 0. The fourth-order valence-electron chi connectivity index (χ4n) is 6.20. The molecule has 7 aromatic rings. The van der Waals surface area contributed by atoms with Crippen molar-refractivity contribution in [1.82, 2.24) is 19.9 Å². The first-order valence-electron chi connectivity index (χ1n) is 14.8. The molecule has 8 heteroatoms. The predicted molar refractivity (Wildman–Crippen MR) is 199 cm³/mol. The quantitative estimate of drug-likeness (QED) is 0.166. The van der Waals surface area contributed by atoms with E-state index in [0.717, 1.165) is 93.0 Å². The molecule has 5 nitrogen and oxygen atoms in total. The number of aromatic amines is 2. The normalized spacial score (nSPS) is 12.3. The zero-order chi connectivity index (χ0) is 30.6. The maximum Gasteiger partial charge on any atom is 0.0745 e. The van der Waals surface area contributed by atoms with Gasteiger partial charge in [-0.3, -0.25) is 0 Å². The molecule has 0 saturated carbocycles. The molecule has 0 radical (unpaired) electrons. The Hall–Kier alpha value is -5.28. The standard InChI is InChI=1S/C38H25N5S3/c39-23-9-7-22(8-10-23)35-24-11-13-26(40-24)36(32-4-1-19-44-32)28-15-17-30(42-28)38(34-6-3-21-46-34)31-18-16-29(43-31)37(33-5-2-20-45-33)27-14-12-25(35)41-27/h1-21,40,43H,39H2. The summed E-state index contributed by atoms with van der Waals surface area (Å²) in [6.45, 7) is 0. The van der Waals surface area contributed by atoms with Gasteiger partial charge in [0.2, 0.25) is 0 Å². The van der Waals surface area contributed by atoms with Crippen LogP contribution in [0.25, 0.3) is 88.8 Å². The Balaban J connectivity index is 1.48. The third kappa shape index (κ3) is 4.58. The van der Waals surface area contributed by atoms with Gasteiger partial charge >= 0.3 is 0 Å². The molecule has 8 bridgehead atoms. The van der Waals surface area contributed by atoms with Crippen LogP contribution in [0, 0.1) is 0 Å². The van der Waals surface area contributed by atoms with Crippen LogP contribution >= 0.6 is 34.0 Å². The Labute approximate surface area is 276 Å². The van der Waals surface area contributed by atoms with Crippen LogP contribution in [0.2, 0.25) is 0 Å². The largest absolute Gasteiger partial charge is 0.399 e. The van der Waals surface area contributed by atoms with Crippen LogP contribution in [-0.4, -0.2) is 19.9 Å². The summed E-state index contributed by atoms with van der Waals surface area (Å²) in [6, 6.07) is 29.4. The first-order chi connectivity index (χ1) is 22.7. The van der Waals surface area contributed by atoms with Gasteiger partial charge < -0.3 is 15.7 Å². The van der Waals surface area contributed by atoms with E-state index in [-0.39, 0.29) is 0 Å². The lowest BCUT2D eigenvalue weighted by atomic mass is 10.0. The van der Waals surface area contributed by atoms with Crippen molar-refractivity contribution in [3.8, 4) is 42.4 Å². The van der Waals surface area contributed by atoms with Crippen molar-refractivity contribution in [3.05, 3.63) is 124 Å². The molecule has 0 atom stereocenters. The highest BCUT2D eigenvalue weighted by Crippen LogP contribution is 2.40. The summed E-state index contributed by atoms with van der Waals surface area (Å²) in [5, 5.41) is 6.34. The maximum atomic E-state index is 6.12. The highest BCUT2D eigenvalue weighted by molar-refractivity contribution is 7.14. The Bertz CT molecular complexity index is 2430. The van der Waals surface area contributed by atoms with E-state index in [1.807, 2.05) is 12.1 Å². The molecule has 0 fully saturated rings. The van der Waals surface area contributed by atoms with E-state index in [1.165, 1.54) is 0 Å². The summed E-state index contributed by atoms with van der Waals surface area (Å²) in [6.07, 6.45) is 8.52. The van der Waals surface area contributed by atoms with Crippen molar-refractivity contribution in [2.24, 2.45) is 0 Å². The van der Waals surface area contributed by atoms with E-state index < -0.39 is 0 Å². The highest BCUT2D eigenvalue weighted by Gasteiger charge is 2.19. The molecule has 1 aromatic carbocycles. The lowest BCUT2D eigenvalue weighted by Crippen LogP contribution is -1.89. The highest BCUT2D eigenvalue weighted by atomic mass is 32.1. The first kappa shape index (κ1) is 27.1. The minimum Gasteiger partial charge on any atom is -0.399 e. The van der Waals surface area contributed by atoms with E-state index >= 15 is 0 Å². The molecule has 2 aliphatic heterocycles. The Morgan fingerprint density at radius 3 is 1.17 bits per heavy atom. The van der Waals surface area contributed by atoms with Gasteiger partial charge in [-0.15, -0.1) is 34.0 Å². The molecular formula is C38H25N5S3. The molecule has 0 spiro atoms. The molecule has 4 N–H and O–H groups in total. The smallest absolute Gasteiger partial charge is 0.0745 e. The van der Waals surface area contributed by atoms with Gasteiger partial charge in [-0.2, -0.15) is 0 Å². The molecule has 0 unspecified atom stereocenters. The number of thiophene rings is 3. The number of nitrogens with zero attached hydrogens (tertiary/aromatic N) is 2. The van der Waals surface area contributed by atoms with Crippen LogP contribution in [0.5, 0.6) is 0 Å². The molecular weight excluding hydrogens is 623 g/mol. The number of hydrogen-bond acceptors (Lipinski definition) is 6. The fourth-order valence-corrected chi connectivity index (χ4v) is 8.58.